The highest BCUT2D eigenvalue weighted by atomic mass is 16.3. The van der Waals surface area contributed by atoms with Gasteiger partial charge in [-0.25, -0.2) is 0 Å². The fourth-order valence-corrected chi connectivity index (χ4v) is 4.53. The van der Waals surface area contributed by atoms with Crippen LogP contribution in [0.25, 0.3) is 55.0 Å². The molecule has 144 valence electrons. The van der Waals surface area contributed by atoms with E-state index < -0.39 is 0 Å². The molecule has 0 atom stereocenters. The normalized spacial score (nSPS) is 11.8. The molecular weight excluding hydrogens is 366 g/mol. The van der Waals surface area contributed by atoms with Crippen molar-refractivity contribution in [2.24, 2.45) is 0 Å². The van der Waals surface area contributed by atoms with Crippen LogP contribution in [0.4, 0.5) is 0 Å². The zero-order valence-electron chi connectivity index (χ0n) is 16.9. The van der Waals surface area contributed by atoms with Crippen LogP contribution in [0.15, 0.2) is 95.9 Å². The van der Waals surface area contributed by atoms with Crippen molar-refractivity contribution in [1.82, 2.24) is 4.57 Å². The van der Waals surface area contributed by atoms with Crippen LogP contribution in [-0.4, -0.2) is 4.57 Å². The van der Waals surface area contributed by atoms with Crippen LogP contribution in [-0.2, 0) is 0 Å². The summed E-state index contributed by atoms with van der Waals surface area (Å²) < 4.78 is 8.53. The zero-order valence-corrected chi connectivity index (χ0v) is 16.9. The first-order valence-electron chi connectivity index (χ1n) is 10.4. The van der Waals surface area contributed by atoms with Gasteiger partial charge in [0.25, 0.3) is 0 Å². The summed E-state index contributed by atoms with van der Waals surface area (Å²) in [4.78, 5) is 0. The van der Waals surface area contributed by atoms with E-state index in [0.717, 1.165) is 45.2 Å². The van der Waals surface area contributed by atoms with Gasteiger partial charge in [-0.15, -0.1) is 0 Å². The van der Waals surface area contributed by atoms with Crippen molar-refractivity contribution in [2.45, 2.75) is 13.3 Å². The zero-order chi connectivity index (χ0) is 20.2. The summed E-state index contributed by atoms with van der Waals surface area (Å²) in [5.74, 6) is 0. The van der Waals surface area contributed by atoms with Crippen molar-refractivity contribution in [1.29, 1.82) is 0 Å². The van der Waals surface area contributed by atoms with Crippen molar-refractivity contribution in [3.8, 4) is 5.69 Å². The molecule has 0 aliphatic carbocycles. The second-order valence-electron chi connectivity index (χ2n) is 7.82. The molecule has 0 spiro atoms. The lowest BCUT2D eigenvalue weighted by atomic mass is 10.0. The number of hydrogen-bond acceptors (Lipinski definition) is 1. The summed E-state index contributed by atoms with van der Waals surface area (Å²) in [7, 11) is 0. The molecule has 30 heavy (non-hydrogen) atoms. The van der Waals surface area contributed by atoms with Crippen molar-refractivity contribution in [2.75, 3.05) is 0 Å². The quantitative estimate of drug-likeness (QED) is 0.300. The Morgan fingerprint density at radius 3 is 2.13 bits per heavy atom. The highest BCUT2D eigenvalue weighted by Crippen LogP contribution is 2.36. The van der Waals surface area contributed by atoms with E-state index in [1.165, 1.54) is 21.8 Å². The number of hydrogen-bond donors (Lipinski definition) is 0. The minimum absolute atomic E-state index is 0.911. The molecule has 2 heteroatoms. The maximum Gasteiger partial charge on any atom is 0.136 e. The molecule has 0 unspecified atom stereocenters. The largest absolute Gasteiger partial charge is 0.456 e. The number of rotatable bonds is 3. The van der Waals surface area contributed by atoms with E-state index in [9.17, 15) is 0 Å². The van der Waals surface area contributed by atoms with E-state index in [0.29, 0.717) is 0 Å². The summed E-state index contributed by atoms with van der Waals surface area (Å²) >= 11 is 0. The fourth-order valence-electron chi connectivity index (χ4n) is 4.53. The molecule has 2 aromatic heterocycles. The third-order valence-electron chi connectivity index (χ3n) is 6.13. The van der Waals surface area contributed by atoms with Gasteiger partial charge in [-0.05, 0) is 60.0 Å². The molecule has 0 fully saturated rings. The monoisotopic (exact) mass is 387 g/mol. The Morgan fingerprint density at radius 1 is 0.733 bits per heavy atom. The van der Waals surface area contributed by atoms with Gasteiger partial charge >= 0.3 is 0 Å². The average molecular weight is 387 g/mol. The second-order valence-corrected chi connectivity index (χ2v) is 7.82. The van der Waals surface area contributed by atoms with Gasteiger partial charge in [0.15, 0.2) is 0 Å². The number of aromatic nitrogens is 1. The first-order valence-corrected chi connectivity index (χ1v) is 10.4. The van der Waals surface area contributed by atoms with Gasteiger partial charge in [0, 0.05) is 27.2 Å². The van der Waals surface area contributed by atoms with Crippen molar-refractivity contribution in [3.05, 3.63) is 97.1 Å². The van der Waals surface area contributed by atoms with Gasteiger partial charge in [0.1, 0.15) is 11.2 Å². The van der Waals surface area contributed by atoms with Gasteiger partial charge in [0.05, 0.1) is 11.0 Å². The van der Waals surface area contributed by atoms with Crippen LogP contribution in [0.1, 0.15) is 18.9 Å². The highest BCUT2D eigenvalue weighted by molar-refractivity contribution is 6.10. The SMILES string of the molecule is C=C(CC)c1ccc2c(c1)oc1ccc(-n3c4ccccc4c4ccccc43)cc12. The maximum atomic E-state index is 6.18. The molecule has 0 bridgehead atoms. The fraction of sp³-hybridized carbons (Fsp3) is 0.0714. The number of para-hydroxylation sites is 2. The van der Waals surface area contributed by atoms with Gasteiger partial charge in [-0.1, -0.05) is 56.0 Å². The molecule has 0 aliphatic heterocycles. The number of allylic oxidation sites excluding steroid dienone is 1. The van der Waals surface area contributed by atoms with Gasteiger partial charge in [-0.3, -0.25) is 0 Å². The van der Waals surface area contributed by atoms with Gasteiger partial charge < -0.3 is 8.98 Å². The van der Waals surface area contributed by atoms with E-state index >= 15 is 0 Å². The molecule has 2 heterocycles. The molecule has 0 amide bonds. The molecule has 0 saturated heterocycles. The van der Waals surface area contributed by atoms with Crippen molar-refractivity contribution in [3.63, 3.8) is 0 Å². The maximum absolute atomic E-state index is 6.18. The lowest BCUT2D eigenvalue weighted by Gasteiger charge is -2.08. The van der Waals surface area contributed by atoms with Gasteiger partial charge in [-0.2, -0.15) is 0 Å². The summed E-state index contributed by atoms with van der Waals surface area (Å²) in [5.41, 5.74) is 7.67. The van der Waals surface area contributed by atoms with Crippen LogP contribution in [0, 0.1) is 0 Å². The topological polar surface area (TPSA) is 18.1 Å². The summed E-state index contributed by atoms with van der Waals surface area (Å²) in [6.07, 6.45) is 0.934. The van der Waals surface area contributed by atoms with E-state index in [1.807, 2.05) is 0 Å². The van der Waals surface area contributed by atoms with E-state index in [4.69, 9.17) is 4.42 Å². The van der Waals surface area contributed by atoms with Crippen LogP contribution >= 0.6 is 0 Å². The Balaban J connectivity index is 1.64. The Hall–Kier alpha value is -3.78. The number of fused-ring (bicyclic) bond motifs is 6. The molecule has 6 rings (SSSR count). The number of nitrogens with zero attached hydrogens (tertiary/aromatic N) is 1. The van der Waals surface area contributed by atoms with Crippen molar-refractivity contribution < 1.29 is 4.42 Å². The van der Waals surface area contributed by atoms with Crippen LogP contribution in [0.2, 0.25) is 0 Å². The number of furan rings is 1. The van der Waals surface area contributed by atoms with E-state index in [2.05, 4.69) is 103 Å². The molecule has 4 aromatic carbocycles. The first kappa shape index (κ1) is 17.1. The van der Waals surface area contributed by atoms with Crippen LogP contribution < -0.4 is 0 Å². The Kier molecular flexibility index (Phi) is 3.63. The lowest BCUT2D eigenvalue weighted by molar-refractivity contribution is 0.668. The molecular formula is C28H21NO. The smallest absolute Gasteiger partial charge is 0.136 e. The van der Waals surface area contributed by atoms with E-state index in [-0.39, 0.29) is 0 Å². The Bertz CT molecular complexity index is 1540. The second kappa shape index (κ2) is 6.36. The summed E-state index contributed by atoms with van der Waals surface area (Å²) in [6, 6.07) is 30.1. The molecule has 6 aromatic rings. The first-order chi connectivity index (χ1) is 14.7. The Morgan fingerprint density at radius 2 is 1.43 bits per heavy atom. The summed E-state index contributed by atoms with van der Waals surface area (Å²) in [5, 5.41) is 4.82. The minimum Gasteiger partial charge on any atom is -0.456 e. The standard InChI is InChI=1S/C28H21NO/c1-3-18(2)19-12-14-23-24-17-20(13-15-27(24)30-28(23)16-19)29-25-10-6-4-8-21(25)22-9-5-7-11-26(22)29/h4-17H,2-3H2,1H3. The molecule has 0 radical (unpaired) electrons. The third-order valence-corrected chi connectivity index (χ3v) is 6.13. The Labute approximate surface area is 174 Å². The molecule has 0 aliphatic rings. The van der Waals surface area contributed by atoms with Crippen LogP contribution in [0.3, 0.4) is 0 Å². The average Bonchev–Trinajstić information content (AvgIpc) is 3.33. The highest BCUT2D eigenvalue weighted by Gasteiger charge is 2.14. The molecule has 0 saturated carbocycles. The lowest BCUT2D eigenvalue weighted by Crippen LogP contribution is -1.93. The minimum atomic E-state index is 0.911. The van der Waals surface area contributed by atoms with Gasteiger partial charge in [0.2, 0.25) is 0 Å². The predicted molar refractivity (Wildman–Crippen MR) is 127 cm³/mol. The van der Waals surface area contributed by atoms with E-state index in [1.54, 1.807) is 0 Å². The molecule has 2 nitrogen and oxygen atoms in total. The predicted octanol–water partition coefficient (Wildman–Crippen LogP) is 8.11. The summed E-state index contributed by atoms with van der Waals surface area (Å²) in [6.45, 7) is 6.29. The number of benzene rings is 4. The van der Waals surface area contributed by atoms with Crippen LogP contribution in [0.5, 0.6) is 0 Å². The van der Waals surface area contributed by atoms with Crippen molar-refractivity contribution >= 4 is 49.3 Å². The third kappa shape index (κ3) is 2.37. The molecule has 0 N–H and O–H groups in total.